The number of Topliss-reactive ketones (excluding diaryl/α,β-unsaturated/α-hetero) is 1. The van der Waals surface area contributed by atoms with Crippen molar-refractivity contribution in [3.63, 3.8) is 0 Å². The molecule has 1 aromatic carbocycles. The molecule has 3 fully saturated rings. The Kier molecular flexibility index (Phi) is 5.56. The number of fused-ring (bicyclic) bond motifs is 5. The molecule has 0 aromatic heterocycles. The van der Waals surface area contributed by atoms with Gasteiger partial charge in [0.15, 0.2) is 0 Å². The fraction of sp³-hybridized carbons (Fsp3) is 0.643. The van der Waals surface area contributed by atoms with Gasteiger partial charge in [0, 0.05) is 24.2 Å². The molecule has 0 bridgehead atoms. The molecule has 1 aromatic rings. The van der Waals surface area contributed by atoms with Gasteiger partial charge in [0.2, 0.25) is 0 Å². The van der Waals surface area contributed by atoms with Gasteiger partial charge in [0.1, 0.15) is 11.9 Å². The van der Waals surface area contributed by atoms with Crippen molar-refractivity contribution in [1.82, 2.24) is 0 Å². The molecular formula is C28H36O4. The van der Waals surface area contributed by atoms with Crippen molar-refractivity contribution in [2.75, 3.05) is 0 Å². The second kappa shape index (κ2) is 8.13. The number of esters is 1. The minimum absolute atomic E-state index is 0.0454. The molecule has 4 aliphatic rings. The monoisotopic (exact) mass is 436 g/mol. The first-order valence-corrected chi connectivity index (χ1v) is 12.5. The zero-order chi connectivity index (χ0) is 22.5. The maximum atomic E-state index is 12.9. The summed E-state index contributed by atoms with van der Waals surface area (Å²) < 4.78 is 6.19. The highest BCUT2D eigenvalue weighted by Crippen LogP contribution is 2.64. The van der Waals surface area contributed by atoms with Crippen LogP contribution in [-0.2, 0) is 20.7 Å². The molecule has 0 heterocycles. The van der Waals surface area contributed by atoms with E-state index in [9.17, 15) is 14.7 Å². The lowest BCUT2D eigenvalue weighted by Gasteiger charge is -2.58. The summed E-state index contributed by atoms with van der Waals surface area (Å²) in [6.07, 6.45) is 8.64. The summed E-state index contributed by atoms with van der Waals surface area (Å²) in [4.78, 5) is 25.8. The molecule has 1 N–H and O–H groups in total. The van der Waals surface area contributed by atoms with Crippen molar-refractivity contribution < 1.29 is 19.4 Å². The van der Waals surface area contributed by atoms with E-state index < -0.39 is 0 Å². The third kappa shape index (κ3) is 3.55. The molecule has 4 aliphatic carbocycles. The second-order valence-corrected chi connectivity index (χ2v) is 11.2. The number of ether oxygens (including phenoxy) is 1. The van der Waals surface area contributed by atoms with E-state index in [0.29, 0.717) is 37.4 Å². The van der Waals surface area contributed by atoms with Crippen LogP contribution in [0.15, 0.2) is 42.0 Å². The number of ketones is 1. The van der Waals surface area contributed by atoms with E-state index in [2.05, 4.69) is 19.9 Å². The van der Waals surface area contributed by atoms with Gasteiger partial charge >= 0.3 is 5.97 Å². The molecule has 2 unspecified atom stereocenters. The number of carbonyl (C=O) groups excluding carboxylic acids is 2. The molecule has 4 heteroatoms. The van der Waals surface area contributed by atoms with Gasteiger partial charge in [-0.2, -0.15) is 0 Å². The number of aryl methyl sites for hydroxylation is 1. The van der Waals surface area contributed by atoms with Gasteiger partial charge in [-0.05, 0) is 73.8 Å². The largest absolute Gasteiger partial charge is 0.458 e. The first kappa shape index (κ1) is 21.9. The van der Waals surface area contributed by atoms with E-state index in [0.717, 1.165) is 37.7 Å². The van der Waals surface area contributed by atoms with Crippen molar-refractivity contribution in [2.45, 2.75) is 83.8 Å². The summed E-state index contributed by atoms with van der Waals surface area (Å²) in [6.45, 7) is 4.51. The minimum Gasteiger partial charge on any atom is -0.458 e. The maximum Gasteiger partial charge on any atom is 0.306 e. The zero-order valence-electron chi connectivity index (χ0n) is 19.4. The number of aliphatic hydroxyl groups is 1. The lowest BCUT2D eigenvalue weighted by Crippen LogP contribution is -2.55. The fourth-order valence-electron chi connectivity index (χ4n) is 7.59. The number of benzene rings is 1. The highest BCUT2D eigenvalue weighted by atomic mass is 16.5. The summed E-state index contributed by atoms with van der Waals surface area (Å²) >= 11 is 0. The van der Waals surface area contributed by atoms with Crippen LogP contribution in [0.5, 0.6) is 0 Å². The van der Waals surface area contributed by atoms with E-state index in [1.54, 1.807) is 0 Å². The van der Waals surface area contributed by atoms with Crippen molar-refractivity contribution in [3.05, 3.63) is 47.5 Å². The molecule has 0 saturated heterocycles. The standard InChI is InChI=1S/C28H36O4/c1-27-14-12-20(29)16-19(27)17-23(32-25(31)11-8-18-6-4-3-5-7-18)26-21-9-10-24(30)28(21,2)15-13-22(26)27/h3-7,17,20-23,26,29H,8-16H2,1-2H3/t20?,21-,22-,23?,26-,27-,28-/m0/s1. The van der Waals surface area contributed by atoms with Crippen LogP contribution in [0.2, 0.25) is 0 Å². The van der Waals surface area contributed by atoms with Crippen LogP contribution < -0.4 is 0 Å². The SMILES string of the molecule is C[C@]12CCC(O)CC1=CC(OC(=O)CCc1ccccc1)[C@@H]1[C@@H]2CC[C@]2(C)C(=O)CC[C@@H]12. The highest BCUT2D eigenvalue weighted by molar-refractivity contribution is 5.87. The second-order valence-electron chi connectivity index (χ2n) is 11.2. The quantitative estimate of drug-likeness (QED) is 0.531. The predicted octanol–water partition coefficient (Wildman–Crippen LogP) is 5.03. The zero-order valence-corrected chi connectivity index (χ0v) is 19.4. The average molecular weight is 437 g/mol. The van der Waals surface area contributed by atoms with E-state index in [1.807, 2.05) is 30.3 Å². The Morgan fingerprint density at radius 3 is 2.56 bits per heavy atom. The smallest absolute Gasteiger partial charge is 0.306 e. The molecule has 0 spiro atoms. The van der Waals surface area contributed by atoms with Crippen LogP contribution in [0.4, 0.5) is 0 Å². The molecule has 3 saturated carbocycles. The highest BCUT2D eigenvalue weighted by Gasteiger charge is 2.61. The Labute approximate surface area is 191 Å². The van der Waals surface area contributed by atoms with Crippen LogP contribution in [0.25, 0.3) is 0 Å². The van der Waals surface area contributed by atoms with Crippen LogP contribution in [-0.4, -0.2) is 29.1 Å². The molecule has 32 heavy (non-hydrogen) atoms. The molecule has 172 valence electrons. The van der Waals surface area contributed by atoms with Crippen molar-refractivity contribution in [3.8, 4) is 0 Å². The van der Waals surface area contributed by atoms with Gasteiger partial charge in [0.05, 0.1) is 6.10 Å². The van der Waals surface area contributed by atoms with Crippen LogP contribution in [0, 0.1) is 28.6 Å². The van der Waals surface area contributed by atoms with Crippen LogP contribution in [0.1, 0.15) is 70.8 Å². The number of hydrogen-bond acceptors (Lipinski definition) is 4. The maximum absolute atomic E-state index is 12.9. The summed E-state index contributed by atoms with van der Waals surface area (Å²) in [5, 5.41) is 10.4. The number of aliphatic hydroxyl groups excluding tert-OH is 1. The lowest BCUT2D eigenvalue weighted by atomic mass is 9.47. The van der Waals surface area contributed by atoms with Gasteiger partial charge in [-0.15, -0.1) is 0 Å². The number of carbonyl (C=O) groups is 2. The lowest BCUT2D eigenvalue weighted by molar-refractivity contribution is -0.160. The van der Waals surface area contributed by atoms with Crippen LogP contribution in [0.3, 0.4) is 0 Å². The Hall–Kier alpha value is -1.94. The topological polar surface area (TPSA) is 63.6 Å². The fourth-order valence-corrected chi connectivity index (χ4v) is 7.59. The predicted molar refractivity (Wildman–Crippen MR) is 123 cm³/mol. The summed E-state index contributed by atoms with van der Waals surface area (Å²) in [5.41, 5.74) is 2.18. The van der Waals surface area contributed by atoms with Crippen LogP contribution >= 0.6 is 0 Å². The molecule has 0 radical (unpaired) electrons. The summed E-state index contributed by atoms with van der Waals surface area (Å²) in [7, 11) is 0. The van der Waals surface area contributed by atoms with E-state index in [-0.39, 0.29) is 40.8 Å². The Morgan fingerprint density at radius 2 is 1.78 bits per heavy atom. The van der Waals surface area contributed by atoms with Crippen molar-refractivity contribution >= 4 is 11.8 Å². The third-order valence-corrected chi connectivity index (χ3v) is 9.52. The molecule has 0 amide bonds. The van der Waals surface area contributed by atoms with Crippen molar-refractivity contribution in [2.24, 2.45) is 28.6 Å². The van der Waals surface area contributed by atoms with Gasteiger partial charge in [-0.3, -0.25) is 9.59 Å². The van der Waals surface area contributed by atoms with E-state index >= 15 is 0 Å². The normalized spacial score (nSPS) is 40.7. The number of rotatable bonds is 4. The van der Waals surface area contributed by atoms with E-state index in [4.69, 9.17) is 4.74 Å². The summed E-state index contributed by atoms with van der Waals surface area (Å²) in [6, 6.07) is 10.0. The Morgan fingerprint density at radius 1 is 1.06 bits per heavy atom. The van der Waals surface area contributed by atoms with E-state index in [1.165, 1.54) is 5.57 Å². The summed E-state index contributed by atoms with van der Waals surface area (Å²) in [5.74, 6) is 1.12. The Balaban J connectivity index is 1.42. The molecule has 7 atom stereocenters. The van der Waals surface area contributed by atoms with Gasteiger partial charge < -0.3 is 9.84 Å². The third-order valence-electron chi connectivity index (χ3n) is 9.52. The van der Waals surface area contributed by atoms with Gasteiger partial charge in [-0.1, -0.05) is 49.8 Å². The van der Waals surface area contributed by atoms with Gasteiger partial charge in [0.25, 0.3) is 0 Å². The first-order chi connectivity index (χ1) is 15.3. The molecular weight excluding hydrogens is 400 g/mol. The van der Waals surface area contributed by atoms with Gasteiger partial charge in [-0.25, -0.2) is 0 Å². The molecule has 4 nitrogen and oxygen atoms in total. The van der Waals surface area contributed by atoms with Crippen molar-refractivity contribution in [1.29, 1.82) is 0 Å². The average Bonchev–Trinajstić information content (AvgIpc) is 3.09. The first-order valence-electron chi connectivity index (χ1n) is 12.5. The molecule has 0 aliphatic heterocycles. The Bertz CT molecular complexity index is 921. The molecule has 5 rings (SSSR count). The number of hydrogen-bond donors (Lipinski definition) is 1. The minimum atomic E-state index is -0.303.